The van der Waals surface area contributed by atoms with Gasteiger partial charge in [0, 0.05) is 32.0 Å². The van der Waals surface area contributed by atoms with Crippen LogP contribution in [0.5, 0.6) is 0 Å². The van der Waals surface area contributed by atoms with Crippen molar-refractivity contribution >= 4 is 15.8 Å². The number of nitriles is 1. The van der Waals surface area contributed by atoms with Gasteiger partial charge < -0.3 is 4.90 Å². The Bertz CT molecular complexity index is 1010. The van der Waals surface area contributed by atoms with E-state index in [4.69, 9.17) is 5.26 Å². The molecule has 1 aliphatic rings. The maximum absolute atomic E-state index is 12.6. The number of nitrogens with zero attached hydrogens (tertiary/aromatic N) is 4. The van der Waals surface area contributed by atoms with E-state index in [9.17, 15) is 21.6 Å². The minimum absolute atomic E-state index is 0.117. The third-order valence-electron chi connectivity index (χ3n) is 4.93. The molecule has 0 atom stereocenters. The van der Waals surface area contributed by atoms with Crippen LogP contribution >= 0.6 is 0 Å². The van der Waals surface area contributed by atoms with Crippen molar-refractivity contribution in [3.05, 3.63) is 53.5 Å². The fraction of sp³-hybridized carbons (Fsp3) is 0.421. The molecule has 30 heavy (non-hydrogen) atoms. The van der Waals surface area contributed by atoms with E-state index in [2.05, 4.69) is 14.7 Å². The number of hydrogen-bond acceptors (Lipinski definition) is 6. The number of rotatable bonds is 6. The highest BCUT2D eigenvalue weighted by Crippen LogP contribution is 2.29. The molecule has 2 aromatic rings. The van der Waals surface area contributed by atoms with Crippen LogP contribution in [0.3, 0.4) is 0 Å². The second-order valence-corrected chi connectivity index (χ2v) is 8.88. The van der Waals surface area contributed by atoms with E-state index < -0.39 is 21.8 Å². The Labute approximate surface area is 172 Å². The lowest BCUT2D eigenvalue weighted by Crippen LogP contribution is -2.39. The van der Waals surface area contributed by atoms with E-state index in [0.717, 1.165) is 12.1 Å². The van der Waals surface area contributed by atoms with Gasteiger partial charge >= 0.3 is 6.18 Å². The molecule has 1 aromatic heterocycles. The summed E-state index contributed by atoms with van der Waals surface area (Å²) >= 11 is 0. The molecule has 0 radical (unpaired) electrons. The zero-order chi connectivity index (χ0) is 21.8. The fourth-order valence-corrected chi connectivity index (χ4v) is 4.52. The van der Waals surface area contributed by atoms with E-state index in [-0.39, 0.29) is 29.5 Å². The van der Waals surface area contributed by atoms with Crippen molar-refractivity contribution in [3.63, 3.8) is 0 Å². The van der Waals surface area contributed by atoms with Crippen LogP contribution in [0.15, 0.2) is 36.7 Å². The molecule has 3 rings (SSSR count). The van der Waals surface area contributed by atoms with Crippen molar-refractivity contribution in [2.24, 2.45) is 5.92 Å². The molecule has 1 aliphatic heterocycles. The molecule has 0 unspecified atom stereocenters. The quantitative estimate of drug-likeness (QED) is 0.743. The molecule has 1 saturated heterocycles. The summed E-state index contributed by atoms with van der Waals surface area (Å²) in [4.78, 5) is 10.2. The van der Waals surface area contributed by atoms with Gasteiger partial charge in [-0.2, -0.15) is 18.4 Å². The van der Waals surface area contributed by atoms with Gasteiger partial charge in [0.15, 0.2) is 11.5 Å². The Balaban J connectivity index is 1.50. The molecule has 0 bridgehead atoms. The first-order chi connectivity index (χ1) is 14.2. The van der Waals surface area contributed by atoms with Gasteiger partial charge in [0.05, 0.1) is 11.3 Å². The molecule has 1 aromatic carbocycles. The highest BCUT2D eigenvalue weighted by atomic mass is 32.2. The summed E-state index contributed by atoms with van der Waals surface area (Å²) in [5.41, 5.74) is -0.267. The highest BCUT2D eigenvalue weighted by Gasteiger charge is 2.30. The minimum atomic E-state index is -4.45. The third kappa shape index (κ3) is 5.67. The van der Waals surface area contributed by atoms with Gasteiger partial charge in [-0.3, -0.25) is 0 Å². The van der Waals surface area contributed by atoms with Crippen LogP contribution in [0.25, 0.3) is 0 Å². The van der Waals surface area contributed by atoms with Gasteiger partial charge in [-0.1, -0.05) is 12.1 Å². The predicted molar refractivity (Wildman–Crippen MR) is 104 cm³/mol. The van der Waals surface area contributed by atoms with Gasteiger partial charge in [0.1, 0.15) is 6.07 Å². The number of nitrogens with one attached hydrogen (secondary N) is 1. The van der Waals surface area contributed by atoms with Crippen LogP contribution in [0.1, 0.15) is 29.7 Å². The van der Waals surface area contributed by atoms with Crippen molar-refractivity contribution < 1.29 is 21.6 Å². The highest BCUT2D eigenvalue weighted by molar-refractivity contribution is 7.88. The zero-order valence-electron chi connectivity index (χ0n) is 15.9. The first-order valence-corrected chi connectivity index (χ1v) is 10.9. The summed E-state index contributed by atoms with van der Waals surface area (Å²) in [6, 6.07) is 6.12. The van der Waals surface area contributed by atoms with Crippen molar-refractivity contribution in [1.82, 2.24) is 14.7 Å². The van der Waals surface area contributed by atoms with Gasteiger partial charge in [0.2, 0.25) is 10.0 Å². The number of aromatic nitrogens is 2. The van der Waals surface area contributed by atoms with Gasteiger partial charge in [-0.15, -0.1) is 0 Å². The number of anilines is 1. The largest absolute Gasteiger partial charge is 0.416 e. The lowest BCUT2D eigenvalue weighted by Gasteiger charge is -2.32. The van der Waals surface area contributed by atoms with Crippen molar-refractivity contribution in [1.29, 1.82) is 5.26 Å². The maximum atomic E-state index is 12.6. The van der Waals surface area contributed by atoms with Crippen LogP contribution in [0.4, 0.5) is 19.0 Å². The van der Waals surface area contributed by atoms with Crippen LogP contribution in [-0.2, 0) is 22.0 Å². The van der Waals surface area contributed by atoms with Crippen molar-refractivity contribution in [3.8, 4) is 6.07 Å². The number of piperidine rings is 1. The van der Waals surface area contributed by atoms with E-state index in [0.29, 0.717) is 31.7 Å². The Morgan fingerprint density at radius 3 is 2.37 bits per heavy atom. The molecule has 0 spiro atoms. The Morgan fingerprint density at radius 2 is 1.77 bits per heavy atom. The Hall–Kier alpha value is -2.71. The predicted octanol–water partition coefficient (Wildman–Crippen LogP) is 2.70. The first kappa shape index (κ1) is 22.0. The first-order valence-electron chi connectivity index (χ1n) is 9.27. The number of hydrogen-bond donors (Lipinski definition) is 1. The summed E-state index contributed by atoms with van der Waals surface area (Å²) in [7, 11) is -3.67. The summed E-state index contributed by atoms with van der Waals surface area (Å²) in [5, 5.41) is 9.14. The van der Waals surface area contributed by atoms with Gasteiger partial charge in [-0.05, 0) is 36.5 Å². The number of alkyl halides is 3. The molecule has 11 heteroatoms. The minimum Gasteiger partial charge on any atom is -0.354 e. The lowest BCUT2D eigenvalue weighted by molar-refractivity contribution is -0.137. The van der Waals surface area contributed by atoms with Gasteiger partial charge in [-0.25, -0.2) is 23.1 Å². The van der Waals surface area contributed by atoms with Crippen LogP contribution < -0.4 is 9.62 Å². The Morgan fingerprint density at radius 1 is 1.13 bits per heavy atom. The molecule has 0 amide bonds. The molecule has 160 valence electrons. The maximum Gasteiger partial charge on any atom is 0.416 e. The summed E-state index contributed by atoms with van der Waals surface area (Å²) in [5.74, 6) is 0.266. The summed E-state index contributed by atoms with van der Waals surface area (Å²) in [6.07, 6.45) is -0.0454. The fourth-order valence-electron chi connectivity index (χ4n) is 3.30. The Kier molecular flexibility index (Phi) is 6.58. The molecule has 7 nitrogen and oxygen atoms in total. The topological polar surface area (TPSA) is 99.0 Å². The van der Waals surface area contributed by atoms with Crippen molar-refractivity contribution in [2.45, 2.75) is 24.8 Å². The summed E-state index contributed by atoms with van der Waals surface area (Å²) < 4.78 is 65.0. The molecule has 1 fully saturated rings. The number of halogens is 3. The summed E-state index contributed by atoms with van der Waals surface area (Å²) in [6.45, 7) is 1.50. The van der Waals surface area contributed by atoms with E-state index >= 15 is 0 Å². The van der Waals surface area contributed by atoms with Crippen molar-refractivity contribution in [2.75, 3.05) is 24.5 Å². The van der Waals surface area contributed by atoms with Crippen LogP contribution in [0.2, 0.25) is 0 Å². The monoisotopic (exact) mass is 439 g/mol. The smallest absolute Gasteiger partial charge is 0.354 e. The SMILES string of the molecule is N#Cc1nccnc1N1CCC(CNS(=O)(=O)Cc2ccc(C(F)(F)F)cc2)CC1. The zero-order valence-corrected chi connectivity index (χ0v) is 16.7. The van der Waals surface area contributed by atoms with E-state index in [1.54, 1.807) is 0 Å². The molecule has 1 N–H and O–H groups in total. The van der Waals surface area contributed by atoms with E-state index in [1.807, 2.05) is 11.0 Å². The van der Waals surface area contributed by atoms with Crippen LogP contribution in [0, 0.1) is 17.2 Å². The molecule has 0 saturated carbocycles. The molecular weight excluding hydrogens is 419 g/mol. The molecular formula is C19H20F3N5O2S. The second kappa shape index (κ2) is 8.97. The average molecular weight is 439 g/mol. The van der Waals surface area contributed by atoms with E-state index in [1.165, 1.54) is 24.5 Å². The normalized spacial score (nSPS) is 15.7. The molecule has 2 heterocycles. The standard InChI is InChI=1S/C19H20F3N5O2S/c20-19(21,22)16-3-1-15(2-4-16)13-30(28,29)26-12-14-5-9-27(10-6-14)18-17(11-23)24-7-8-25-18/h1-4,7-8,14,26H,5-6,9-10,12-13H2. The number of benzene rings is 1. The van der Waals surface area contributed by atoms with Crippen LogP contribution in [-0.4, -0.2) is 38.0 Å². The molecule has 0 aliphatic carbocycles. The third-order valence-corrected chi connectivity index (χ3v) is 6.25. The number of sulfonamides is 1. The van der Waals surface area contributed by atoms with Gasteiger partial charge in [0.25, 0.3) is 0 Å². The lowest BCUT2D eigenvalue weighted by atomic mass is 9.97. The second-order valence-electron chi connectivity index (χ2n) is 7.07. The average Bonchev–Trinajstić information content (AvgIpc) is 2.72.